The first-order chi connectivity index (χ1) is 13.7. The standard InChI is InChI=1S/C21H12IN3O2S/c22-16-6-2-3-7-17(16)24-11-14(10-23)20-25-18(12-28-20)15-9-13-5-1-4-8-19(13)27-21(15)26/h1-9,11-12,24H/b14-11-. The Kier molecular flexibility index (Phi) is 5.23. The van der Waals surface area contributed by atoms with Crippen molar-refractivity contribution >= 4 is 56.2 Å². The van der Waals surface area contributed by atoms with Crippen LogP contribution < -0.4 is 10.9 Å². The Labute approximate surface area is 178 Å². The van der Waals surface area contributed by atoms with Crippen LogP contribution >= 0.6 is 33.9 Å². The summed E-state index contributed by atoms with van der Waals surface area (Å²) in [5, 5.41) is 15.8. The molecule has 0 amide bonds. The summed E-state index contributed by atoms with van der Waals surface area (Å²) in [7, 11) is 0. The van der Waals surface area contributed by atoms with Crippen molar-refractivity contribution in [1.29, 1.82) is 5.26 Å². The van der Waals surface area contributed by atoms with E-state index in [1.165, 1.54) is 11.3 Å². The number of para-hydroxylation sites is 2. The summed E-state index contributed by atoms with van der Waals surface area (Å²) >= 11 is 3.53. The number of nitrogens with one attached hydrogen (secondary N) is 1. The van der Waals surface area contributed by atoms with Crippen LogP contribution in [0.4, 0.5) is 5.69 Å². The van der Waals surface area contributed by atoms with Crippen LogP contribution in [0, 0.1) is 14.9 Å². The van der Waals surface area contributed by atoms with Gasteiger partial charge >= 0.3 is 5.63 Å². The van der Waals surface area contributed by atoms with Crippen LogP contribution in [0.5, 0.6) is 0 Å². The average Bonchev–Trinajstić information content (AvgIpc) is 3.19. The number of aromatic nitrogens is 1. The molecule has 136 valence electrons. The molecule has 0 atom stereocenters. The number of halogens is 1. The molecule has 4 rings (SSSR count). The molecule has 0 spiro atoms. The Morgan fingerprint density at radius 1 is 1.21 bits per heavy atom. The fourth-order valence-corrected chi connectivity index (χ4v) is 3.96. The van der Waals surface area contributed by atoms with Gasteiger partial charge in [-0.25, -0.2) is 9.78 Å². The van der Waals surface area contributed by atoms with Crippen molar-refractivity contribution < 1.29 is 4.42 Å². The van der Waals surface area contributed by atoms with E-state index in [0.717, 1.165) is 14.6 Å². The molecule has 0 saturated carbocycles. The van der Waals surface area contributed by atoms with E-state index in [9.17, 15) is 10.1 Å². The van der Waals surface area contributed by atoms with Crippen LogP contribution in [0.3, 0.4) is 0 Å². The lowest BCUT2D eigenvalue weighted by atomic mass is 10.1. The summed E-state index contributed by atoms with van der Waals surface area (Å²) < 4.78 is 6.42. The second kappa shape index (κ2) is 7.96. The van der Waals surface area contributed by atoms with Gasteiger partial charge in [-0.3, -0.25) is 0 Å². The van der Waals surface area contributed by atoms with Crippen molar-refractivity contribution in [3.8, 4) is 17.3 Å². The van der Waals surface area contributed by atoms with Crippen molar-refractivity contribution in [3.63, 3.8) is 0 Å². The van der Waals surface area contributed by atoms with Gasteiger partial charge in [-0.1, -0.05) is 30.3 Å². The number of nitriles is 1. The predicted molar refractivity (Wildman–Crippen MR) is 120 cm³/mol. The molecule has 4 aromatic rings. The van der Waals surface area contributed by atoms with Gasteiger partial charge in [0.05, 0.1) is 16.9 Å². The first kappa shape index (κ1) is 18.4. The van der Waals surface area contributed by atoms with E-state index in [2.05, 4.69) is 39.0 Å². The van der Waals surface area contributed by atoms with Crippen LogP contribution in [0.2, 0.25) is 0 Å². The minimum Gasteiger partial charge on any atom is -0.422 e. The topological polar surface area (TPSA) is 78.9 Å². The quantitative estimate of drug-likeness (QED) is 0.229. The van der Waals surface area contributed by atoms with Crippen molar-refractivity contribution in [2.45, 2.75) is 0 Å². The number of hydrogen-bond acceptors (Lipinski definition) is 6. The van der Waals surface area contributed by atoms with E-state index < -0.39 is 5.63 Å². The van der Waals surface area contributed by atoms with E-state index in [0.29, 0.717) is 27.4 Å². The van der Waals surface area contributed by atoms with E-state index in [-0.39, 0.29) is 0 Å². The van der Waals surface area contributed by atoms with Crippen LogP contribution in [-0.2, 0) is 0 Å². The lowest BCUT2D eigenvalue weighted by molar-refractivity contribution is 0.563. The van der Waals surface area contributed by atoms with E-state index in [4.69, 9.17) is 4.42 Å². The van der Waals surface area contributed by atoms with Gasteiger partial charge < -0.3 is 9.73 Å². The number of fused-ring (bicyclic) bond motifs is 1. The Morgan fingerprint density at radius 3 is 2.82 bits per heavy atom. The fourth-order valence-electron chi connectivity index (χ4n) is 2.63. The second-order valence-corrected chi connectivity index (χ2v) is 7.84. The van der Waals surface area contributed by atoms with Crippen LogP contribution in [-0.4, -0.2) is 4.98 Å². The third-order valence-corrected chi connectivity index (χ3v) is 5.83. The Hall–Kier alpha value is -2.96. The average molecular weight is 497 g/mol. The highest BCUT2D eigenvalue weighted by atomic mass is 127. The zero-order valence-electron chi connectivity index (χ0n) is 14.3. The first-order valence-electron chi connectivity index (χ1n) is 8.26. The molecule has 28 heavy (non-hydrogen) atoms. The molecule has 1 N–H and O–H groups in total. The zero-order chi connectivity index (χ0) is 19.5. The van der Waals surface area contributed by atoms with Gasteiger partial charge in [-0.15, -0.1) is 11.3 Å². The maximum absolute atomic E-state index is 12.3. The number of thiazole rings is 1. The lowest BCUT2D eigenvalue weighted by Crippen LogP contribution is -2.02. The summed E-state index contributed by atoms with van der Waals surface area (Å²) in [5.74, 6) is 0. The van der Waals surface area contributed by atoms with Gasteiger partial charge in [0.25, 0.3) is 0 Å². The van der Waals surface area contributed by atoms with Crippen molar-refractivity contribution in [2.75, 3.05) is 5.32 Å². The lowest BCUT2D eigenvalue weighted by Gasteiger charge is -2.03. The Bertz CT molecular complexity index is 1300. The minimum atomic E-state index is -0.449. The van der Waals surface area contributed by atoms with Gasteiger partial charge in [-0.05, 0) is 46.9 Å². The first-order valence-corrected chi connectivity index (χ1v) is 10.2. The largest absolute Gasteiger partial charge is 0.422 e. The maximum Gasteiger partial charge on any atom is 0.345 e. The Balaban J connectivity index is 1.68. The molecule has 0 aliphatic heterocycles. The van der Waals surface area contributed by atoms with E-state index in [1.54, 1.807) is 23.7 Å². The molecule has 0 aliphatic rings. The summed E-state index contributed by atoms with van der Waals surface area (Å²) in [6, 6.07) is 19.0. The molecular formula is C21H12IN3O2S. The minimum absolute atomic E-state index is 0.379. The summed E-state index contributed by atoms with van der Waals surface area (Å²) in [4.78, 5) is 16.8. The monoisotopic (exact) mass is 497 g/mol. The van der Waals surface area contributed by atoms with Gasteiger partial charge in [0.2, 0.25) is 0 Å². The van der Waals surface area contributed by atoms with Crippen molar-refractivity contribution in [1.82, 2.24) is 4.98 Å². The normalized spacial score (nSPS) is 11.4. The maximum atomic E-state index is 12.3. The molecule has 0 radical (unpaired) electrons. The SMILES string of the molecule is N#C/C(=C/Nc1ccccc1I)c1nc(-c2cc3ccccc3oc2=O)cs1. The Morgan fingerprint density at radius 2 is 2.00 bits per heavy atom. The predicted octanol–water partition coefficient (Wildman–Crippen LogP) is 5.50. The molecule has 2 aromatic carbocycles. The third-order valence-electron chi connectivity index (χ3n) is 4.02. The van der Waals surface area contributed by atoms with Gasteiger partial charge in [0.1, 0.15) is 22.2 Å². The van der Waals surface area contributed by atoms with Crippen molar-refractivity contribution in [3.05, 3.63) is 85.2 Å². The highest BCUT2D eigenvalue weighted by Gasteiger charge is 2.13. The highest BCUT2D eigenvalue weighted by Crippen LogP contribution is 2.27. The number of hydrogen-bond donors (Lipinski definition) is 1. The molecule has 0 unspecified atom stereocenters. The van der Waals surface area contributed by atoms with Gasteiger partial charge in [0.15, 0.2) is 0 Å². The molecule has 2 heterocycles. The molecule has 0 fully saturated rings. The molecule has 2 aromatic heterocycles. The number of benzene rings is 2. The number of nitrogens with zero attached hydrogens (tertiary/aromatic N) is 2. The zero-order valence-corrected chi connectivity index (χ0v) is 17.3. The third kappa shape index (κ3) is 3.69. The molecule has 0 bridgehead atoms. The summed E-state index contributed by atoms with van der Waals surface area (Å²) in [6.07, 6.45) is 1.63. The fraction of sp³-hybridized carbons (Fsp3) is 0. The van der Waals surface area contributed by atoms with Crippen LogP contribution in [0.1, 0.15) is 5.01 Å². The molecule has 0 saturated heterocycles. The van der Waals surface area contributed by atoms with E-state index >= 15 is 0 Å². The summed E-state index contributed by atoms with van der Waals surface area (Å²) in [5.41, 5.74) is 2.25. The van der Waals surface area contributed by atoms with Gasteiger partial charge in [-0.2, -0.15) is 5.26 Å². The number of allylic oxidation sites excluding steroid dienone is 1. The molecule has 0 aliphatic carbocycles. The van der Waals surface area contributed by atoms with E-state index in [1.807, 2.05) is 42.5 Å². The number of rotatable bonds is 4. The molecule has 5 nitrogen and oxygen atoms in total. The molecule has 7 heteroatoms. The highest BCUT2D eigenvalue weighted by molar-refractivity contribution is 14.1. The van der Waals surface area contributed by atoms with Crippen LogP contribution in [0.25, 0.3) is 27.8 Å². The number of anilines is 1. The molecular weight excluding hydrogens is 485 g/mol. The summed E-state index contributed by atoms with van der Waals surface area (Å²) in [6.45, 7) is 0. The smallest absolute Gasteiger partial charge is 0.345 e. The van der Waals surface area contributed by atoms with Gasteiger partial charge in [0, 0.05) is 20.5 Å². The second-order valence-electron chi connectivity index (χ2n) is 5.82. The van der Waals surface area contributed by atoms with Crippen LogP contribution in [0.15, 0.2) is 75.4 Å². The van der Waals surface area contributed by atoms with Crippen molar-refractivity contribution in [2.24, 2.45) is 0 Å².